The molecule has 0 aliphatic rings. The van der Waals surface area contributed by atoms with Gasteiger partial charge in [0.2, 0.25) is 5.82 Å². The van der Waals surface area contributed by atoms with Crippen LogP contribution in [0, 0.1) is 0 Å². The second-order valence-corrected chi connectivity index (χ2v) is 5.91. The molecule has 0 bridgehead atoms. The maximum atomic E-state index is 6.06. The van der Waals surface area contributed by atoms with Gasteiger partial charge < -0.3 is 9.84 Å². The van der Waals surface area contributed by atoms with Gasteiger partial charge in [-0.1, -0.05) is 65.3 Å². The monoisotopic (exact) mass is 347 g/mol. The van der Waals surface area contributed by atoms with Gasteiger partial charge in [0, 0.05) is 16.3 Å². The lowest BCUT2D eigenvalue weighted by Gasteiger charge is -2.09. The van der Waals surface area contributed by atoms with Gasteiger partial charge in [-0.25, -0.2) is 0 Å². The quantitative estimate of drug-likeness (QED) is 0.506. The lowest BCUT2D eigenvalue weighted by atomic mass is 10.1. The Bertz CT molecular complexity index is 999. The van der Waals surface area contributed by atoms with Crippen molar-refractivity contribution >= 4 is 23.0 Å². The van der Waals surface area contributed by atoms with Crippen LogP contribution in [0.25, 0.3) is 22.8 Å². The van der Waals surface area contributed by atoms with Gasteiger partial charge in [0.15, 0.2) is 0 Å². The molecule has 5 heteroatoms. The second-order valence-electron chi connectivity index (χ2n) is 5.47. The molecule has 0 radical (unpaired) electrons. The zero-order valence-corrected chi connectivity index (χ0v) is 13.9. The van der Waals surface area contributed by atoms with Crippen molar-refractivity contribution in [2.24, 2.45) is 0 Å². The van der Waals surface area contributed by atoms with E-state index in [-0.39, 0.29) is 0 Å². The average Bonchev–Trinajstić information content (AvgIpc) is 3.13. The van der Waals surface area contributed by atoms with E-state index in [4.69, 9.17) is 16.1 Å². The van der Waals surface area contributed by atoms with Gasteiger partial charge in [-0.15, -0.1) is 0 Å². The number of nitrogens with one attached hydrogen (secondary N) is 1. The highest BCUT2D eigenvalue weighted by Crippen LogP contribution is 2.31. The molecule has 4 aromatic rings. The third-order valence-electron chi connectivity index (χ3n) is 3.72. The van der Waals surface area contributed by atoms with Crippen LogP contribution in [0.2, 0.25) is 5.02 Å². The fourth-order valence-corrected chi connectivity index (χ4v) is 2.73. The zero-order chi connectivity index (χ0) is 17.1. The third-order valence-corrected chi connectivity index (χ3v) is 3.95. The number of benzene rings is 3. The first-order chi connectivity index (χ1) is 12.3. The predicted octanol–water partition coefficient (Wildman–Crippen LogP) is 5.80. The van der Waals surface area contributed by atoms with E-state index >= 15 is 0 Å². The second kappa shape index (κ2) is 6.79. The van der Waals surface area contributed by atoms with Crippen molar-refractivity contribution in [1.82, 2.24) is 10.1 Å². The van der Waals surface area contributed by atoms with Crippen LogP contribution in [0.15, 0.2) is 83.4 Å². The molecule has 3 aromatic carbocycles. The Hall–Kier alpha value is -3.11. The number of nitrogens with zero attached hydrogens (tertiary/aromatic N) is 2. The standard InChI is InChI=1S/C20H14ClN3O/c21-15-9-6-10-16(13-15)22-18-12-5-4-11-17(18)20-23-19(24-25-20)14-7-2-1-3-8-14/h1-13,22H. The average molecular weight is 348 g/mol. The molecule has 1 aromatic heterocycles. The molecular formula is C20H14ClN3O. The zero-order valence-electron chi connectivity index (χ0n) is 13.2. The molecule has 25 heavy (non-hydrogen) atoms. The van der Waals surface area contributed by atoms with Gasteiger partial charge in [-0.05, 0) is 30.3 Å². The molecule has 4 rings (SSSR count). The minimum absolute atomic E-state index is 0.462. The molecule has 0 aliphatic carbocycles. The maximum Gasteiger partial charge on any atom is 0.260 e. The smallest absolute Gasteiger partial charge is 0.260 e. The lowest BCUT2D eigenvalue weighted by Crippen LogP contribution is -1.93. The fraction of sp³-hybridized carbons (Fsp3) is 0. The van der Waals surface area contributed by atoms with Crippen molar-refractivity contribution in [2.45, 2.75) is 0 Å². The first kappa shape index (κ1) is 15.4. The van der Waals surface area contributed by atoms with Crippen LogP contribution in [0.5, 0.6) is 0 Å². The first-order valence-electron chi connectivity index (χ1n) is 7.81. The van der Waals surface area contributed by atoms with Crippen LogP contribution in [-0.2, 0) is 0 Å². The molecule has 0 spiro atoms. The summed E-state index contributed by atoms with van der Waals surface area (Å²) in [4.78, 5) is 4.53. The molecule has 0 saturated heterocycles. The van der Waals surface area contributed by atoms with Crippen molar-refractivity contribution in [3.05, 3.63) is 83.9 Å². The van der Waals surface area contributed by atoms with E-state index in [1.165, 1.54) is 0 Å². The van der Waals surface area contributed by atoms with E-state index in [2.05, 4.69) is 15.5 Å². The summed E-state index contributed by atoms with van der Waals surface area (Å²) in [5.41, 5.74) is 3.51. The van der Waals surface area contributed by atoms with Crippen LogP contribution < -0.4 is 5.32 Å². The number of para-hydroxylation sites is 1. The van der Waals surface area contributed by atoms with Crippen LogP contribution in [0.4, 0.5) is 11.4 Å². The van der Waals surface area contributed by atoms with Gasteiger partial charge in [-0.2, -0.15) is 4.98 Å². The van der Waals surface area contributed by atoms with E-state index in [1.807, 2.05) is 78.9 Å². The summed E-state index contributed by atoms with van der Waals surface area (Å²) >= 11 is 6.06. The topological polar surface area (TPSA) is 51.0 Å². The van der Waals surface area contributed by atoms with E-state index in [9.17, 15) is 0 Å². The molecule has 1 N–H and O–H groups in total. The predicted molar refractivity (Wildman–Crippen MR) is 99.9 cm³/mol. The first-order valence-corrected chi connectivity index (χ1v) is 8.18. The normalized spacial score (nSPS) is 10.6. The molecule has 0 aliphatic heterocycles. The maximum absolute atomic E-state index is 6.06. The molecule has 0 fully saturated rings. The van der Waals surface area contributed by atoms with Gasteiger partial charge in [0.25, 0.3) is 5.89 Å². The Kier molecular flexibility index (Phi) is 4.19. The van der Waals surface area contributed by atoms with Crippen LogP contribution in [0.1, 0.15) is 0 Å². The van der Waals surface area contributed by atoms with Crippen molar-refractivity contribution < 1.29 is 4.52 Å². The number of halogens is 1. The van der Waals surface area contributed by atoms with Crippen molar-refractivity contribution in [3.63, 3.8) is 0 Å². The molecule has 0 unspecified atom stereocenters. The molecule has 0 saturated carbocycles. The van der Waals surface area contributed by atoms with E-state index in [1.54, 1.807) is 0 Å². The summed E-state index contributed by atoms with van der Waals surface area (Å²) in [5.74, 6) is 1.03. The van der Waals surface area contributed by atoms with Crippen LogP contribution in [0.3, 0.4) is 0 Å². The minimum Gasteiger partial charge on any atom is -0.355 e. The Morgan fingerprint density at radius 2 is 1.64 bits per heavy atom. The van der Waals surface area contributed by atoms with Crippen molar-refractivity contribution in [1.29, 1.82) is 0 Å². The Morgan fingerprint density at radius 1 is 0.840 bits per heavy atom. The molecule has 0 atom stereocenters. The van der Waals surface area contributed by atoms with Crippen LogP contribution >= 0.6 is 11.6 Å². The van der Waals surface area contributed by atoms with Gasteiger partial charge in [0.1, 0.15) is 0 Å². The number of rotatable bonds is 4. The summed E-state index contributed by atoms with van der Waals surface area (Å²) in [7, 11) is 0. The van der Waals surface area contributed by atoms with Crippen molar-refractivity contribution in [3.8, 4) is 22.8 Å². The highest BCUT2D eigenvalue weighted by atomic mass is 35.5. The summed E-state index contributed by atoms with van der Waals surface area (Å²) in [6, 6.07) is 25.1. The van der Waals surface area contributed by atoms with Gasteiger partial charge >= 0.3 is 0 Å². The van der Waals surface area contributed by atoms with Gasteiger partial charge in [0.05, 0.1) is 11.3 Å². The Morgan fingerprint density at radius 3 is 2.48 bits per heavy atom. The van der Waals surface area contributed by atoms with E-state index < -0.39 is 0 Å². The van der Waals surface area contributed by atoms with E-state index in [0.29, 0.717) is 16.7 Å². The Balaban J connectivity index is 1.69. The molecule has 0 amide bonds. The lowest BCUT2D eigenvalue weighted by molar-refractivity contribution is 0.432. The number of hydrogen-bond acceptors (Lipinski definition) is 4. The number of aromatic nitrogens is 2. The molecule has 122 valence electrons. The molecule has 4 nitrogen and oxygen atoms in total. The summed E-state index contributed by atoms with van der Waals surface area (Å²) in [5, 5.41) is 8.11. The number of anilines is 2. The molecular weight excluding hydrogens is 334 g/mol. The minimum atomic E-state index is 0.462. The van der Waals surface area contributed by atoms with Crippen molar-refractivity contribution in [2.75, 3.05) is 5.32 Å². The van der Waals surface area contributed by atoms with E-state index in [0.717, 1.165) is 22.5 Å². The largest absolute Gasteiger partial charge is 0.355 e. The third kappa shape index (κ3) is 3.39. The highest BCUT2D eigenvalue weighted by molar-refractivity contribution is 6.30. The van der Waals surface area contributed by atoms with Crippen LogP contribution in [-0.4, -0.2) is 10.1 Å². The highest BCUT2D eigenvalue weighted by Gasteiger charge is 2.14. The number of hydrogen-bond donors (Lipinski definition) is 1. The SMILES string of the molecule is Clc1cccc(Nc2ccccc2-c2nc(-c3ccccc3)no2)c1. The molecule has 1 heterocycles. The summed E-state index contributed by atoms with van der Waals surface area (Å²) in [6.45, 7) is 0. The fourth-order valence-electron chi connectivity index (χ4n) is 2.54. The Labute approximate surface area is 150 Å². The van der Waals surface area contributed by atoms with Gasteiger partial charge in [-0.3, -0.25) is 0 Å². The summed E-state index contributed by atoms with van der Waals surface area (Å²) < 4.78 is 5.48. The summed E-state index contributed by atoms with van der Waals surface area (Å²) in [6.07, 6.45) is 0.